The van der Waals surface area contributed by atoms with E-state index in [2.05, 4.69) is 9.88 Å². The van der Waals surface area contributed by atoms with Crippen molar-refractivity contribution in [2.45, 2.75) is 25.7 Å². The number of piperidine rings is 1. The molecule has 1 atom stereocenters. The van der Waals surface area contributed by atoms with Crippen LogP contribution in [0.15, 0.2) is 18.3 Å². The Morgan fingerprint density at radius 3 is 2.79 bits per heavy atom. The molecule has 5 nitrogen and oxygen atoms in total. The van der Waals surface area contributed by atoms with E-state index in [9.17, 15) is 8.42 Å². The van der Waals surface area contributed by atoms with Gasteiger partial charge in [-0.2, -0.15) is 0 Å². The minimum Gasteiger partial charge on any atom is -0.476 e. The molecule has 3 heterocycles. The molecule has 0 aromatic carbocycles. The Morgan fingerprint density at radius 2 is 2.04 bits per heavy atom. The highest BCUT2D eigenvalue weighted by atomic mass is 35.5. The molecule has 0 radical (unpaired) electrons. The van der Waals surface area contributed by atoms with Crippen LogP contribution in [0.4, 0.5) is 0 Å². The van der Waals surface area contributed by atoms with Gasteiger partial charge >= 0.3 is 0 Å². The van der Waals surface area contributed by atoms with Gasteiger partial charge in [0.1, 0.15) is 14.9 Å². The summed E-state index contributed by atoms with van der Waals surface area (Å²) in [5.74, 6) is 2.21. The Hall–Kier alpha value is -0.850. The highest BCUT2D eigenvalue weighted by Gasteiger charge is 2.27. The summed E-state index contributed by atoms with van der Waals surface area (Å²) in [5, 5.41) is 0.550. The van der Waals surface area contributed by atoms with Crippen molar-refractivity contribution in [3.8, 4) is 5.88 Å². The number of hydrogen-bond donors (Lipinski definition) is 0. The quantitative estimate of drug-likeness (QED) is 0.795. The van der Waals surface area contributed by atoms with Crippen molar-refractivity contribution in [3.05, 3.63) is 23.4 Å². The van der Waals surface area contributed by atoms with Gasteiger partial charge in [0.15, 0.2) is 0 Å². The zero-order valence-electron chi connectivity index (χ0n) is 13.9. The van der Waals surface area contributed by atoms with Crippen LogP contribution in [0.5, 0.6) is 5.88 Å². The lowest BCUT2D eigenvalue weighted by molar-refractivity contribution is 0.112. The van der Waals surface area contributed by atoms with Crippen molar-refractivity contribution in [2.75, 3.05) is 37.7 Å². The van der Waals surface area contributed by atoms with Gasteiger partial charge in [-0.05, 0) is 50.3 Å². The summed E-state index contributed by atoms with van der Waals surface area (Å²) >= 11 is 6.08. The molecular weight excluding hydrogens is 348 g/mol. The van der Waals surface area contributed by atoms with Crippen molar-refractivity contribution in [1.29, 1.82) is 0 Å². The molecule has 0 bridgehead atoms. The second kappa shape index (κ2) is 8.02. The van der Waals surface area contributed by atoms with Crippen LogP contribution in [0.25, 0.3) is 0 Å². The van der Waals surface area contributed by atoms with Gasteiger partial charge in [0.2, 0.25) is 5.88 Å². The molecule has 2 saturated heterocycles. The Bertz CT molecular complexity index is 639. The summed E-state index contributed by atoms with van der Waals surface area (Å²) < 4.78 is 28.9. The summed E-state index contributed by atoms with van der Waals surface area (Å²) in [6.45, 7) is 3.75. The van der Waals surface area contributed by atoms with Gasteiger partial charge in [-0.25, -0.2) is 13.4 Å². The van der Waals surface area contributed by atoms with Crippen LogP contribution in [0.1, 0.15) is 25.7 Å². The summed E-state index contributed by atoms with van der Waals surface area (Å²) in [5.41, 5.74) is 0. The zero-order valence-corrected chi connectivity index (χ0v) is 15.4. The van der Waals surface area contributed by atoms with E-state index in [1.807, 2.05) is 0 Å². The highest BCUT2D eigenvalue weighted by Crippen LogP contribution is 2.25. The van der Waals surface area contributed by atoms with Gasteiger partial charge in [-0.15, -0.1) is 0 Å². The normalized spacial score (nSPS) is 25.5. The van der Waals surface area contributed by atoms with E-state index in [1.54, 1.807) is 18.3 Å². The maximum atomic E-state index is 11.5. The first-order valence-electron chi connectivity index (χ1n) is 8.68. The molecule has 7 heteroatoms. The lowest BCUT2D eigenvalue weighted by atomic mass is 9.96. The summed E-state index contributed by atoms with van der Waals surface area (Å²) in [4.78, 5) is 6.64. The molecule has 0 N–H and O–H groups in total. The van der Waals surface area contributed by atoms with Gasteiger partial charge in [-0.1, -0.05) is 11.6 Å². The number of hydrogen-bond acceptors (Lipinski definition) is 5. The lowest BCUT2D eigenvalue weighted by Gasteiger charge is -2.35. The van der Waals surface area contributed by atoms with Crippen LogP contribution in [0.3, 0.4) is 0 Å². The van der Waals surface area contributed by atoms with Gasteiger partial charge in [0.05, 0.1) is 18.1 Å². The Kier molecular flexibility index (Phi) is 6.00. The zero-order chi connectivity index (χ0) is 17.0. The summed E-state index contributed by atoms with van der Waals surface area (Å²) in [7, 11) is -2.77. The van der Waals surface area contributed by atoms with E-state index < -0.39 is 9.84 Å². The van der Waals surface area contributed by atoms with Gasteiger partial charge in [0.25, 0.3) is 0 Å². The predicted octanol–water partition coefficient (Wildman–Crippen LogP) is 2.65. The fraction of sp³-hybridized carbons (Fsp3) is 0.706. The molecule has 1 aromatic heterocycles. The average molecular weight is 373 g/mol. The van der Waals surface area contributed by atoms with E-state index in [0.717, 1.165) is 45.3 Å². The van der Waals surface area contributed by atoms with E-state index in [0.29, 0.717) is 40.9 Å². The van der Waals surface area contributed by atoms with Crippen LogP contribution >= 0.6 is 11.6 Å². The second-order valence-corrected chi connectivity index (χ2v) is 9.68. The molecule has 2 aliphatic heterocycles. The smallest absolute Gasteiger partial charge is 0.232 e. The molecule has 3 rings (SSSR count). The molecule has 0 aliphatic carbocycles. The van der Waals surface area contributed by atoms with Gasteiger partial charge < -0.3 is 9.64 Å². The summed E-state index contributed by atoms with van der Waals surface area (Å²) in [6.07, 6.45) is 5.62. The third kappa shape index (κ3) is 5.07. The van der Waals surface area contributed by atoms with Crippen LogP contribution in [0, 0.1) is 11.8 Å². The number of halogens is 1. The van der Waals surface area contributed by atoms with Crippen molar-refractivity contribution >= 4 is 21.4 Å². The lowest BCUT2D eigenvalue weighted by Crippen LogP contribution is -2.41. The minimum atomic E-state index is -2.77. The first kappa shape index (κ1) is 18.0. The van der Waals surface area contributed by atoms with Crippen molar-refractivity contribution in [2.24, 2.45) is 11.8 Å². The SMILES string of the molecule is O=S1(=O)CCC(CN2CCCC(COc3ncccc3Cl)C2)CC1. The largest absolute Gasteiger partial charge is 0.476 e. The Labute approximate surface area is 149 Å². The standard InChI is InChI=1S/C17H25ClN2O3S/c18-16-4-1-7-19-17(16)23-13-15-3-2-8-20(12-15)11-14-5-9-24(21,22)10-6-14/h1,4,7,14-15H,2-3,5-6,8-13H2. The third-order valence-electron chi connectivity index (χ3n) is 4.97. The molecule has 0 spiro atoms. The monoisotopic (exact) mass is 372 g/mol. The Morgan fingerprint density at radius 1 is 1.25 bits per heavy atom. The number of ether oxygens (including phenoxy) is 1. The molecule has 2 aliphatic rings. The maximum Gasteiger partial charge on any atom is 0.232 e. The van der Waals surface area contributed by atoms with Gasteiger partial charge in [-0.3, -0.25) is 0 Å². The van der Waals surface area contributed by atoms with E-state index in [-0.39, 0.29) is 0 Å². The van der Waals surface area contributed by atoms with E-state index in [4.69, 9.17) is 16.3 Å². The second-order valence-electron chi connectivity index (χ2n) is 6.96. The maximum absolute atomic E-state index is 11.5. The summed E-state index contributed by atoms with van der Waals surface area (Å²) in [6, 6.07) is 3.58. The molecule has 134 valence electrons. The fourth-order valence-electron chi connectivity index (χ4n) is 3.61. The first-order valence-corrected chi connectivity index (χ1v) is 10.9. The number of pyridine rings is 1. The van der Waals surface area contributed by atoms with Crippen molar-refractivity contribution in [3.63, 3.8) is 0 Å². The van der Waals surface area contributed by atoms with Gasteiger partial charge in [0, 0.05) is 25.2 Å². The van der Waals surface area contributed by atoms with Crippen LogP contribution in [-0.2, 0) is 9.84 Å². The molecule has 2 fully saturated rings. The van der Waals surface area contributed by atoms with Crippen molar-refractivity contribution in [1.82, 2.24) is 9.88 Å². The average Bonchev–Trinajstić information content (AvgIpc) is 2.57. The first-order chi connectivity index (χ1) is 11.5. The highest BCUT2D eigenvalue weighted by molar-refractivity contribution is 7.91. The molecule has 1 unspecified atom stereocenters. The topological polar surface area (TPSA) is 59.5 Å². The number of nitrogens with zero attached hydrogens (tertiary/aromatic N) is 2. The molecule has 0 saturated carbocycles. The molecular formula is C17H25ClN2O3S. The van der Waals surface area contributed by atoms with E-state index in [1.165, 1.54) is 0 Å². The van der Waals surface area contributed by atoms with E-state index >= 15 is 0 Å². The number of aromatic nitrogens is 1. The third-order valence-corrected chi connectivity index (χ3v) is 6.98. The number of rotatable bonds is 5. The van der Waals surface area contributed by atoms with Crippen LogP contribution < -0.4 is 4.74 Å². The number of likely N-dealkylation sites (tertiary alicyclic amines) is 1. The fourth-order valence-corrected chi connectivity index (χ4v) is 5.38. The molecule has 24 heavy (non-hydrogen) atoms. The van der Waals surface area contributed by atoms with Crippen molar-refractivity contribution < 1.29 is 13.2 Å². The molecule has 0 amide bonds. The van der Waals surface area contributed by atoms with Crippen LogP contribution in [-0.4, -0.2) is 56.0 Å². The predicted molar refractivity (Wildman–Crippen MR) is 95.3 cm³/mol. The number of sulfone groups is 1. The Balaban J connectivity index is 1.45. The minimum absolute atomic E-state index is 0.357. The van der Waals surface area contributed by atoms with Crippen LogP contribution in [0.2, 0.25) is 5.02 Å². The molecule has 1 aromatic rings.